The van der Waals surface area contributed by atoms with E-state index in [2.05, 4.69) is 5.10 Å². The molecule has 6 nitrogen and oxygen atoms in total. The van der Waals surface area contributed by atoms with Crippen LogP contribution in [0.5, 0.6) is 11.5 Å². The highest BCUT2D eigenvalue weighted by Crippen LogP contribution is 2.39. The van der Waals surface area contributed by atoms with Gasteiger partial charge in [0, 0.05) is 12.6 Å². The number of hydrogen-bond donors (Lipinski definition) is 1. The summed E-state index contributed by atoms with van der Waals surface area (Å²) in [5.41, 5.74) is 0.425. The zero-order valence-electron chi connectivity index (χ0n) is 9.88. The van der Waals surface area contributed by atoms with Gasteiger partial charge >= 0.3 is 5.97 Å². The van der Waals surface area contributed by atoms with Gasteiger partial charge in [0.2, 0.25) is 12.5 Å². The monoisotopic (exact) mass is 264 g/mol. The van der Waals surface area contributed by atoms with E-state index in [1.54, 1.807) is 13.1 Å². The first-order chi connectivity index (χ1) is 9.08. The molecule has 0 saturated heterocycles. The van der Waals surface area contributed by atoms with Gasteiger partial charge in [-0.1, -0.05) is 0 Å². The minimum Gasteiger partial charge on any atom is -0.476 e. The number of aromatic nitrogens is 2. The van der Waals surface area contributed by atoms with Crippen LogP contribution in [0.4, 0.5) is 4.39 Å². The van der Waals surface area contributed by atoms with Crippen molar-refractivity contribution in [1.29, 1.82) is 0 Å². The van der Waals surface area contributed by atoms with E-state index in [0.29, 0.717) is 11.4 Å². The van der Waals surface area contributed by atoms with Crippen molar-refractivity contribution in [3.8, 4) is 22.8 Å². The number of carbonyl (C=O) groups is 1. The highest BCUT2D eigenvalue weighted by atomic mass is 19.1. The Labute approximate surface area is 107 Å². The van der Waals surface area contributed by atoms with Gasteiger partial charge in [-0.2, -0.15) is 5.10 Å². The summed E-state index contributed by atoms with van der Waals surface area (Å²) in [6.07, 6.45) is 0. The number of aromatic carboxylic acids is 1. The summed E-state index contributed by atoms with van der Waals surface area (Å²) in [7, 11) is 1.55. The maximum Gasteiger partial charge on any atom is 0.356 e. The van der Waals surface area contributed by atoms with Crippen LogP contribution in [0, 0.1) is 5.82 Å². The second-order valence-corrected chi connectivity index (χ2v) is 4.00. The third kappa shape index (κ3) is 1.70. The van der Waals surface area contributed by atoms with Crippen LogP contribution < -0.4 is 9.47 Å². The molecule has 1 aromatic heterocycles. The van der Waals surface area contributed by atoms with Crippen LogP contribution in [0.1, 0.15) is 10.5 Å². The Balaban J connectivity index is 2.15. The molecule has 7 heteroatoms. The maximum atomic E-state index is 14.3. The van der Waals surface area contributed by atoms with E-state index < -0.39 is 11.8 Å². The van der Waals surface area contributed by atoms with Crippen molar-refractivity contribution < 1.29 is 23.8 Å². The summed E-state index contributed by atoms with van der Waals surface area (Å²) < 4.78 is 25.7. The van der Waals surface area contributed by atoms with E-state index in [4.69, 9.17) is 14.6 Å². The molecular weight excluding hydrogens is 255 g/mol. The number of rotatable bonds is 2. The van der Waals surface area contributed by atoms with Gasteiger partial charge < -0.3 is 14.6 Å². The SMILES string of the molecule is Cn1nc(C(=O)O)cc1-c1ccc2c(c1F)OCO2. The first-order valence-corrected chi connectivity index (χ1v) is 5.43. The first-order valence-electron chi connectivity index (χ1n) is 5.43. The Morgan fingerprint density at radius 1 is 1.47 bits per heavy atom. The molecule has 1 aliphatic rings. The molecule has 2 heterocycles. The molecule has 19 heavy (non-hydrogen) atoms. The quantitative estimate of drug-likeness (QED) is 0.892. The third-order valence-corrected chi connectivity index (χ3v) is 2.85. The van der Waals surface area contributed by atoms with Crippen LogP contribution in [-0.4, -0.2) is 27.6 Å². The molecular formula is C12H9FN2O4. The molecule has 0 atom stereocenters. The molecule has 0 aliphatic carbocycles. The van der Waals surface area contributed by atoms with E-state index in [-0.39, 0.29) is 23.8 Å². The summed E-state index contributed by atoms with van der Waals surface area (Å²) in [4.78, 5) is 10.9. The Hall–Kier alpha value is -2.57. The number of aryl methyl sites for hydroxylation is 1. The molecule has 2 aromatic rings. The zero-order chi connectivity index (χ0) is 13.6. The molecule has 1 N–H and O–H groups in total. The average Bonchev–Trinajstić information content (AvgIpc) is 2.97. The summed E-state index contributed by atoms with van der Waals surface area (Å²) in [5.74, 6) is -1.38. The molecule has 0 bridgehead atoms. The second kappa shape index (κ2) is 3.98. The van der Waals surface area contributed by atoms with Crippen LogP contribution in [0.25, 0.3) is 11.3 Å². The number of fused-ring (bicyclic) bond motifs is 1. The number of halogens is 1. The van der Waals surface area contributed by atoms with Crippen LogP contribution in [0.2, 0.25) is 0 Å². The molecule has 98 valence electrons. The fourth-order valence-electron chi connectivity index (χ4n) is 1.96. The molecule has 0 spiro atoms. The third-order valence-electron chi connectivity index (χ3n) is 2.85. The van der Waals surface area contributed by atoms with E-state index >= 15 is 0 Å². The first kappa shape index (κ1) is 11.5. The zero-order valence-corrected chi connectivity index (χ0v) is 9.88. The highest BCUT2D eigenvalue weighted by Gasteiger charge is 2.24. The van der Waals surface area contributed by atoms with Crippen molar-refractivity contribution in [2.24, 2.45) is 7.05 Å². The predicted molar refractivity (Wildman–Crippen MR) is 61.7 cm³/mol. The highest BCUT2D eigenvalue weighted by molar-refractivity contribution is 5.87. The largest absolute Gasteiger partial charge is 0.476 e. The summed E-state index contributed by atoms with van der Waals surface area (Å²) in [5, 5.41) is 12.7. The van der Waals surface area contributed by atoms with Gasteiger partial charge in [0.1, 0.15) is 0 Å². The summed E-state index contributed by atoms with van der Waals surface area (Å²) in [6.45, 7) is -0.0263. The fraction of sp³-hybridized carbons (Fsp3) is 0.167. The van der Waals surface area contributed by atoms with Gasteiger partial charge in [0.05, 0.1) is 5.69 Å². The van der Waals surface area contributed by atoms with E-state index in [1.807, 2.05) is 0 Å². The second-order valence-electron chi connectivity index (χ2n) is 4.00. The Kier molecular flexibility index (Phi) is 2.41. The number of nitrogens with zero attached hydrogens (tertiary/aromatic N) is 2. The van der Waals surface area contributed by atoms with Crippen molar-refractivity contribution in [1.82, 2.24) is 9.78 Å². The van der Waals surface area contributed by atoms with Crippen molar-refractivity contribution >= 4 is 5.97 Å². The molecule has 1 aliphatic heterocycles. The molecule has 0 radical (unpaired) electrons. The number of benzene rings is 1. The lowest BCUT2D eigenvalue weighted by Crippen LogP contribution is -1.99. The van der Waals surface area contributed by atoms with E-state index in [9.17, 15) is 9.18 Å². The topological polar surface area (TPSA) is 73.6 Å². The van der Waals surface area contributed by atoms with E-state index in [0.717, 1.165) is 0 Å². The Bertz CT molecular complexity index is 681. The minimum absolute atomic E-state index is 0.0263. The predicted octanol–water partition coefficient (Wildman–Crippen LogP) is 1.65. The van der Waals surface area contributed by atoms with Gasteiger partial charge in [0.15, 0.2) is 17.3 Å². The van der Waals surface area contributed by atoms with Gasteiger partial charge in [-0.25, -0.2) is 9.18 Å². The number of carboxylic acid groups (broad SMARTS) is 1. The molecule has 3 rings (SSSR count). The van der Waals surface area contributed by atoms with Gasteiger partial charge in [-0.3, -0.25) is 4.68 Å². The summed E-state index contributed by atoms with van der Waals surface area (Å²) in [6, 6.07) is 4.39. The van der Waals surface area contributed by atoms with E-state index in [1.165, 1.54) is 16.8 Å². The minimum atomic E-state index is -1.16. The van der Waals surface area contributed by atoms with Crippen molar-refractivity contribution in [3.05, 3.63) is 29.7 Å². The molecule has 0 fully saturated rings. The van der Waals surface area contributed by atoms with Crippen LogP contribution in [-0.2, 0) is 7.05 Å². The number of ether oxygens (including phenoxy) is 2. The number of hydrogen-bond acceptors (Lipinski definition) is 4. The maximum absolute atomic E-state index is 14.3. The number of carboxylic acids is 1. The molecule has 0 saturated carbocycles. The standard InChI is InChI=1S/C12H9FN2O4/c1-15-8(4-7(14-15)12(16)17)6-2-3-9-11(10(6)13)19-5-18-9/h2-4H,5H2,1H3,(H,16,17). The van der Waals surface area contributed by atoms with Gasteiger partial charge in [-0.15, -0.1) is 0 Å². The lowest BCUT2D eigenvalue weighted by atomic mass is 10.1. The normalized spacial score (nSPS) is 12.7. The van der Waals surface area contributed by atoms with Crippen molar-refractivity contribution in [2.45, 2.75) is 0 Å². The van der Waals surface area contributed by atoms with Crippen molar-refractivity contribution in [2.75, 3.05) is 6.79 Å². The Morgan fingerprint density at radius 2 is 2.26 bits per heavy atom. The summed E-state index contributed by atoms with van der Waals surface area (Å²) >= 11 is 0. The molecule has 0 amide bonds. The Morgan fingerprint density at radius 3 is 2.95 bits per heavy atom. The van der Waals surface area contributed by atoms with Crippen LogP contribution >= 0.6 is 0 Å². The lowest BCUT2D eigenvalue weighted by Gasteiger charge is -2.05. The average molecular weight is 264 g/mol. The fourth-order valence-corrected chi connectivity index (χ4v) is 1.96. The van der Waals surface area contributed by atoms with Gasteiger partial charge in [0.25, 0.3) is 0 Å². The van der Waals surface area contributed by atoms with Gasteiger partial charge in [-0.05, 0) is 18.2 Å². The van der Waals surface area contributed by atoms with Crippen molar-refractivity contribution in [3.63, 3.8) is 0 Å². The van der Waals surface area contributed by atoms with Crippen LogP contribution in [0.15, 0.2) is 18.2 Å². The lowest BCUT2D eigenvalue weighted by molar-refractivity contribution is 0.0689. The van der Waals surface area contributed by atoms with Crippen LogP contribution in [0.3, 0.4) is 0 Å². The smallest absolute Gasteiger partial charge is 0.356 e. The molecule has 1 aromatic carbocycles. The molecule has 0 unspecified atom stereocenters.